The summed E-state index contributed by atoms with van der Waals surface area (Å²) in [6, 6.07) is 11.5. The molecule has 0 atom stereocenters. The molecule has 7 nitrogen and oxygen atoms in total. The van der Waals surface area contributed by atoms with Gasteiger partial charge in [-0.15, -0.1) is 0 Å². The predicted octanol–water partition coefficient (Wildman–Crippen LogP) is 3.36. The average molecular weight is 443 g/mol. The first-order chi connectivity index (χ1) is 14.3. The molecular weight excluding hydrogens is 424 g/mol. The lowest BCUT2D eigenvalue weighted by atomic mass is 10.2. The Labute approximate surface area is 175 Å². The van der Waals surface area contributed by atoms with Crippen molar-refractivity contribution < 1.29 is 17.6 Å². The molecule has 30 heavy (non-hydrogen) atoms. The number of fused-ring (bicyclic) bond motifs is 2. The van der Waals surface area contributed by atoms with E-state index < -0.39 is 21.2 Å². The molecule has 1 amide bonds. The number of hydrogen-bond acceptors (Lipinski definition) is 6. The van der Waals surface area contributed by atoms with Gasteiger partial charge in [0.05, 0.1) is 20.5 Å². The summed E-state index contributed by atoms with van der Waals surface area (Å²) in [5.74, 6) is -0.700. The summed E-state index contributed by atoms with van der Waals surface area (Å²) in [7, 11) is -3.36. The molecule has 0 spiro atoms. The van der Waals surface area contributed by atoms with Crippen molar-refractivity contribution in [3.63, 3.8) is 0 Å². The molecule has 0 aliphatic rings. The van der Waals surface area contributed by atoms with Crippen LogP contribution < -0.4 is 10.2 Å². The third-order valence-electron chi connectivity index (χ3n) is 4.64. The Morgan fingerprint density at radius 2 is 1.97 bits per heavy atom. The second-order valence-electron chi connectivity index (χ2n) is 6.83. The van der Waals surface area contributed by atoms with Crippen molar-refractivity contribution in [3.05, 3.63) is 69.3 Å². The zero-order chi connectivity index (χ0) is 21.5. The van der Waals surface area contributed by atoms with Gasteiger partial charge in [-0.05, 0) is 36.8 Å². The zero-order valence-corrected chi connectivity index (χ0v) is 17.9. The summed E-state index contributed by atoms with van der Waals surface area (Å²) in [6.45, 7) is 2.58. The van der Waals surface area contributed by atoms with Gasteiger partial charge < -0.3 is 8.98 Å². The van der Waals surface area contributed by atoms with E-state index in [1.165, 1.54) is 11.3 Å². The topological polar surface area (TPSA) is 98.7 Å². The highest BCUT2D eigenvalue weighted by molar-refractivity contribution is 7.90. The van der Waals surface area contributed by atoms with E-state index in [0.29, 0.717) is 27.0 Å². The molecule has 0 unspecified atom stereocenters. The van der Waals surface area contributed by atoms with Crippen molar-refractivity contribution in [2.75, 3.05) is 6.26 Å². The summed E-state index contributed by atoms with van der Waals surface area (Å²) in [6.07, 6.45) is 3.07. The molecule has 0 aliphatic heterocycles. The molecule has 2 aromatic heterocycles. The van der Waals surface area contributed by atoms with Crippen LogP contribution in [0.25, 0.3) is 21.2 Å². The summed E-state index contributed by atoms with van der Waals surface area (Å²) in [5.41, 5.74) is 0.598. The van der Waals surface area contributed by atoms with Crippen LogP contribution in [0, 0.1) is 0 Å². The normalized spacial score (nSPS) is 12.7. The number of thiazole rings is 1. The molecule has 0 saturated carbocycles. The Hall–Kier alpha value is -3.04. The number of hydrogen-bond donors (Lipinski definition) is 0. The number of carbonyl (C=O) groups excluding carboxylic acids is 1. The monoisotopic (exact) mass is 442 g/mol. The molecule has 0 N–H and O–H groups in total. The Kier molecular flexibility index (Phi) is 5.17. The van der Waals surface area contributed by atoms with Crippen molar-refractivity contribution in [1.29, 1.82) is 0 Å². The third kappa shape index (κ3) is 3.61. The molecule has 0 radical (unpaired) electrons. The van der Waals surface area contributed by atoms with Crippen molar-refractivity contribution in [2.45, 2.75) is 24.8 Å². The number of para-hydroxylation sites is 1. The quantitative estimate of drug-likeness (QED) is 0.483. The highest BCUT2D eigenvalue weighted by atomic mass is 32.2. The van der Waals surface area contributed by atoms with E-state index >= 15 is 0 Å². The van der Waals surface area contributed by atoms with Crippen molar-refractivity contribution in [1.82, 2.24) is 4.57 Å². The van der Waals surface area contributed by atoms with E-state index in [4.69, 9.17) is 4.42 Å². The minimum absolute atomic E-state index is 0.147. The number of amides is 1. The lowest BCUT2D eigenvalue weighted by Crippen LogP contribution is -2.20. The average Bonchev–Trinajstić information content (AvgIpc) is 3.04. The Morgan fingerprint density at radius 1 is 1.20 bits per heavy atom. The van der Waals surface area contributed by atoms with Crippen LogP contribution in [0.15, 0.2) is 67.8 Å². The van der Waals surface area contributed by atoms with Gasteiger partial charge in [-0.1, -0.05) is 30.4 Å². The number of sulfone groups is 1. The fourth-order valence-corrected chi connectivity index (χ4v) is 5.00. The van der Waals surface area contributed by atoms with E-state index in [1.807, 2.05) is 11.5 Å². The highest BCUT2D eigenvalue weighted by Crippen LogP contribution is 2.22. The van der Waals surface area contributed by atoms with Crippen LogP contribution >= 0.6 is 11.3 Å². The first-order valence-electron chi connectivity index (χ1n) is 9.22. The lowest BCUT2D eigenvalue weighted by molar-refractivity contribution is 0.0995. The van der Waals surface area contributed by atoms with Crippen molar-refractivity contribution >= 4 is 48.3 Å². The predicted molar refractivity (Wildman–Crippen MR) is 116 cm³/mol. The van der Waals surface area contributed by atoms with E-state index in [9.17, 15) is 18.0 Å². The Balaban J connectivity index is 1.89. The number of aromatic nitrogens is 1. The number of benzene rings is 2. The van der Waals surface area contributed by atoms with E-state index in [0.717, 1.165) is 24.5 Å². The number of nitrogens with zero attached hydrogens (tertiary/aromatic N) is 2. The fraction of sp³-hybridized carbons (Fsp3) is 0.190. The summed E-state index contributed by atoms with van der Waals surface area (Å²) in [4.78, 5) is 30.3. The molecule has 4 rings (SSSR count). The molecule has 2 heterocycles. The highest BCUT2D eigenvalue weighted by Gasteiger charge is 2.16. The first kappa shape index (κ1) is 20.2. The van der Waals surface area contributed by atoms with Crippen LogP contribution in [0.1, 0.15) is 23.7 Å². The minimum Gasteiger partial charge on any atom is -0.463 e. The van der Waals surface area contributed by atoms with Gasteiger partial charge in [0.25, 0.3) is 5.91 Å². The van der Waals surface area contributed by atoms with E-state index in [-0.39, 0.29) is 10.5 Å². The third-order valence-corrected chi connectivity index (χ3v) is 6.79. The van der Waals surface area contributed by atoms with E-state index in [2.05, 4.69) is 4.99 Å². The molecule has 0 saturated heterocycles. The maximum atomic E-state index is 12.8. The molecule has 0 aliphatic carbocycles. The van der Waals surface area contributed by atoms with Crippen LogP contribution in [0.2, 0.25) is 0 Å². The SMILES string of the molecule is CCCn1c(=NC(=O)c2coc3ccccc3c2=O)sc2cc(S(C)(=O)=O)ccc21. The second-order valence-corrected chi connectivity index (χ2v) is 9.85. The fourth-order valence-electron chi connectivity index (χ4n) is 3.18. The van der Waals surface area contributed by atoms with Crippen LogP contribution in [0.3, 0.4) is 0 Å². The van der Waals surface area contributed by atoms with Gasteiger partial charge in [0, 0.05) is 12.8 Å². The maximum Gasteiger partial charge on any atom is 0.286 e. The van der Waals surface area contributed by atoms with Crippen LogP contribution in [0.4, 0.5) is 0 Å². The van der Waals surface area contributed by atoms with Crippen molar-refractivity contribution in [2.24, 2.45) is 4.99 Å². The lowest BCUT2D eigenvalue weighted by Gasteiger charge is -2.03. The molecule has 0 fully saturated rings. The minimum atomic E-state index is -3.36. The van der Waals surface area contributed by atoms with Gasteiger partial charge in [0.2, 0.25) is 5.43 Å². The maximum absolute atomic E-state index is 12.8. The summed E-state index contributed by atoms with van der Waals surface area (Å²) < 4.78 is 31.7. The number of carbonyl (C=O) groups is 1. The molecule has 154 valence electrons. The Morgan fingerprint density at radius 3 is 2.70 bits per heavy atom. The van der Waals surface area contributed by atoms with Gasteiger partial charge >= 0.3 is 0 Å². The molecule has 0 bridgehead atoms. The van der Waals surface area contributed by atoms with Gasteiger partial charge in [-0.2, -0.15) is 4.99 Å². The van der Waals surface area contributed by atoms with E-state index in [1.54, 1.807) is 42.5 Å². The molecule has 9 heteroatoms. The molecule has 4 aromatic rings. The largest absolute Gasteiger partial charge is 0.463 e. The second kappa shape index (κ2) is 7.66. The van der Waals surface area contributed by atoms with Crippen LogP contribution in [0.5, 0.6) is 0 Å². The molecular formula is C21H18N2O5S2. The van der Waals surface area contributed by atoms with Gasteiger partial charge in [0.1, 0.15) is 17.4 Å². The van der Waals surface area contributed by atoms with Gasteiger partial charge in [-0.3, -0.25) is 9.59 Å². The summed E-state index contributed by atoms with van der Waals surface area (Å²) in [5, 5.41) is 0.314. The number of aryl methyl sites for hydroxylation is 1. The molecule has 2 aromatic carbocycles. The zero-order valence-electron chi connectivity index (χ0n) is 16.3. The van der Waals surface area contributed by atoms with Gasteiger partial charge in [-0.25, -0.2) is 8.42 Å². The smallest absolute Gasteiger partial charge is 0.286 e. The standard InChI is InChI=1S/C21H18N2O5S2/c1-3-10-23-16-9-8-13(30(2,26)27)11-18(16)29-21(23)22-20(25)15-12-28-17-7-5-4-6-14(17)19(15)24/h4-9,11-12H,3,10H2,1-2H3. The first-order valence-corrected chi connectivity index (χ1v) is 11.9. The summed E-state index contributed by atoms with van der Waals surface area (Å²) >= 11 is 1.20. The van der Waals surface area contributed by atoms with Crippen molar-refractivity contribution in [3.8, 4) is 0 Å². The number of rotatable bonds is 4. The van der Waals surface area contributed by atoms with Gasteiger partial charge in [0.15, 0.2) is 14.6 Å². The Bertz CT molecular complexity index is 1520. The van der Waals surface area contributed by atoms with Crippen LogP contribution in [-0.2, 0) is 16.4 Å². The van der Waals surface area contributed by atoms with Crippen LogP contribution in [-0.4, -0.2) is 25.1 Å².